The minimum atomic E-state index is -4.30. The molecule has 0 saturated heterocycles. The number of benzene rings is 1. The standard InChI is InChI=1S/C17H24F3N3O/c1-21-16(22-9-10-24-12-14-3-4-14)23(2)11-13-5-7-15(8-6-13)17(18,19)20/h5-8,14H,3-4,9-12H2,1-2H3,(H,21,22). The molecule has 0 aromatic heterocycles. The van der Waals surface area contributed by atoms with E-state index in [1.807, 2.05) is 11.9 Å². The van der Waals surface area contributed by atoms with E-state index >= 15 is 0 Å². The third-order valence-electron chi connectivity index (χ3n) is 3.85. The molecular formula is C17H24F3N3O. The van der Waals surface area contributed by atoms with Gasteiger partial charge in [-0.15, -0.1) is 0 Å². The molecule has 1 aliphatic rings. The van der Waals surface area contributed by atoms with Crippen LogP contribution in [0.25, 0.3) is 0 Å². The van der Waals surface area contributed by atoms with Gasteiger partial charge in [0.2, 0.25) is 0 Å². The Morgan fingerprint density at radius 2 is 1.96 bits per heavy atom. The first kappa shape index (κ1) is 18.6. The predicted molar refractivity (Wildman–Crippen MR) is 87.8 cm³/mol. The molecule has 1 fully saturated rings. The van der Waals surface area contributed by atoms with E-state index in [0.29, 0.717) is 25.7 Å². The number of nitrogens with one attached hydrogen (secondary N) is 1. The molecule has 1 N–H and O–H groups in total. The van der Waals surface area contributed by atoms with E-state index < -0.39 is 11.7 Å². The van der Waals surface area contributed by atoms with Gasteiger partial charge in [0.05, 0.1) is 12.2 Å². The lowest BCUT2D eigenvalue weighted by atomic mass is 10.1. The highest BCUT2D eigenvalue weighted by atomic mass is 19.4. The molecule has 134 valence electrons. The average molecular weight is 343 g/mol. The third kappa shape index (κ3) is 6.03. The van der Waals surface area contributed by atoms with Crippen molar-refractivity contribution in [3.63, 3.8) is 0 Å². The van der Waals surface area contributed by atoms with E-state index in [0.717, 1.165) is 30.2 Å². The van der Waals surface area contributed by atoms with Gasteiger partial charge >= 0.3 is 6.18 Å². The molecule has 1 saturated carbocycles. The number of halogens is 3. The molecule has 0 unspecified atom stereocenters. The predicted octanol–water partition coefficient (Wildman–Crippen LogP) is 3.14. The van der Waals surface area contributed by atoms with Crippen molar-refractivity contribution in [2.24, 2.45) is 10.9 Å². The summed E-state index contributed by atoms with van der Waals surface area (Å²) >= 11 is 0. The molecule has 1 aromatic carbocycles. The van der Waals surface area contributed by atoms with Crippen LogP contribution in [0.15, 0.2) is 29.3 Å². The Balaban J connectivity index is 1.76. The minimum Gasteiger partial charge on any atom is -0.379 e. The van der Waals surface area contributed by atoms with Crippen molar-refractivity contribution in [1.82, 2.24) is 10.2 Å². The largest absolute Gasteiger partial charge is 0.416 e. The van der Waals surface area contributed by atoms with Gasteiger partial charge in [0.1, 0.15) is 0 Å². The Bertz CT molecular complexity index is 539. The van der Waals surface area contributed by atoms with Crippen LogP contribution < -0.4 is 5.32 Å². The number of alkyl halides is 3. The SMILES string of the molecule is CN=C(NCCOCC1CC1)N(C)Cc1ccc(C(F)(F)F)cc1. The molecule has 0 bridgehead atoms. The van der Waals surface area contributed by atoms with Gasteiger partial charge in [-0.2, -0.15) is 13.2 Å². The minimum absolute atomic E-state index is 0.473. The molecule has 2 rings (SSSR count). The molecule has 0 amide bonds. The second-order valence-corrected chi connectivity index (χ2v) is 6.04. The van der Waals surface area contributed by atoms with Crippen LogP contribution in [0.1, 0.15) is 24.0 Å². The topological polar surface area (TPSA) is 36.9 Å². The van der Waals surface area contributed by atoms with Crippen LogP contribution in [0.2, 0.25) is 0 Å². The monoisotopic (exact) mass is 343 g/mol. The van der Waals surface area contributed by atoms with Crippen molar-refractivity contribution in [2.75, 3.05) is 33.9 Å². The molecule has 0 spiro atoms. The first-order valence-electron chi connectivity index (χ1n) is 8.06. The summed E-state index contributed by atoms with van der Waals surface area (Å²) in [5.41, 5.74) is 0.155. The van der Waals surface area contributed by atoms with E-state index in [1.165, 1.54) is 25.0 Å². The van der Waals surface area contributed by atoms with E-state index in [9.17, 15) is 13.2 Å². The van der Waals surface area contributed by atoms with Crippen molar-refractivity contribution in [2.45, 2.75) is 25.6 Å². The maximum atomic E-state index is 12.6. The third-order valence-corrected chi connectivity index (χ3v) is 3.85. The van der Waals surface area contributed by atoms with Gasteiger partial charge in [-0.25, -0.2) is 0 Å². The van der Waals surface area contributed by atoms with Crippen LogP contribution in [-0.2, 0) is 17.5 Å². The van der Waals surface area contributed by atoms with Gasteiger partial charge in [-0.05, 0) is 36.5 Å². The summed E-state index contributed by atoms with van der Waals surface area (Å²) in [6, 6.07) is 5.19. The van der Waals surface area contributed by atoms with Gasteiger partial charge in [0.15, 0.2) is 5.96 Å². The molecule has 7 heteroatoms. The smallest absolute Gasteiger partial charge is 0.379 e. The van der Waals surface area contributed by atoms with Gasteiger partial charge in [-0.3, -0.25) is 4.99 Å². The van der Waals surface area contributed by atoms with Gasteiger partial charge in [0.25, 0.3) is 0 Å². The highest BCUT2D eigenvalue weighted by Crippen LogP contribution is 2.29. The van der Waals surface area contributed by atoms with Gasteiger partial charge < -0.3 is 15.0 Å². The molecule has 0 aliphatic heterocycles. The lowest BCUT2D eigenvalue weighted by molar-refractivity contribution is -0.137. The van der Waals surface area contributed by atoms with Gasteiger partial charge in [-0.1, -0.05) is 12.1 Å². The Kier molecular flexibility index (Phi) is 6.48. The molecular weight excluding hydrogens is 319 g/mol. The first-order chi connectivity index (χ1) is 11.4. The van der Waals surface area contributed by atoms with Crippen LogP contribution in [0, 0.1) is 5.92 Å². The zero-order valence-corrected chi connectivity index (χ0v) is 14.1. The summed E-state index contributed by atoms with van der Waals surface area (Å²) in [5, 5.41) is 3.19. The number of ether oxygens (including phenoxy) is 1. The zero-order chi connectivity index (χ0) is 17.6. The quantitative estimate of drug-likeness (QED) is 0.469. The van der Waals surface area contributed by atoms with E-state index in [-0.39, 0.29) is 0 Å². The summed E-state index contributed by atoms with van der Waals surface area (Å²) in [6.07, 6.45) is -1.77. The maximum Gasteiger partial charge on any atom is 0.416 e. The number of rotatable bonds is 7. The molecule has 0 heterocycles. The lowest BCUT2D eigenvalue weighted by Gasteiger charge is -2.22. The summed E-state index contributed by atoms with van der Waals surface area (Å²) in [7, 11) is 3.52. The Hall–Kier alpha value is -1.76. The van der Waals surface area contributed by atoms with Crippen molar-refractivity contribution < 1.29 is 17.9 Å². The van der Waals surface area contributed by atoms with E-state index in [4.69, 9.17) is 4.74 Å². The normalized spacial score (nSPS) is 15.5. The van der Waals surface area contributed by atoms with Crippen LogP contribution in [0.3, 0.4) is 0 Å². The summed E-state index contributed by atoms with van der Waals surface area (Å²) < 4.78 is 43.3. The number of nitrogens with zero attached hydrogens (tertiary/aromatic N) is 2. The van der Waals surface area contributed by atoms with Crippen LogP contribution in [-0.4, -0.2) is 44.7 Å². The van der Waals surface area contributed by atoms with Crippen molar-refractivity contribution in [3.8, 4) is 0 Å². The molecule has 24 heavy (non-hydrogen) atoms. The Labute approximate surface area is 140 Å². The number of guanidine groups is 1. The first-order valence-corrected chi connectivity index (χ1v) is 8.06. The highest BCUT2D eigenvalue weighted by molar-refractivity contribution is 5.79. The zero-order valence-electron chi connectivity index (χ0n) is 14.1. The van der Waals surface area contributed by atoms with E-state index in [1.54, 1.807) is 7.05 Å². The summed E-state index contributed by atoms with van der Waals surface area (Å²) in [6.45, 7) is 2.56. The highest BCUT2D eigenvalue weighted by Gasteiger charge is 2.29. The fourth-order valence-corrected chi connectivity index (χ4v) is 2.30. The molecule has 4 nitrogen and oxygen atoms in total. The molecule has 0 atom stereocenters. The number of hydrogen-bond acceptors (Lipinski definition) is 2. The van der Waals surface area contributed by atoms with Gasteiger partial charge in [0, 0.05) is 33.8 Å². The Morgan fingerprint density at radius 1 is 1.29 bits per heavy atom. The van der Waals surface area contributed by atoms with E-state index in [2.05, 4.69) is 10.3 Å². The number of aliphatic imine (C=N–C) groups is 1. The van der Waals surface area contributed by atoms with Crippen molar-refractivity contribution in [1.29, 1.82) is 0 Å². The van der Waals surface area contributed by atoms with Crippen LogP contribution in [0.5, 0.6) is 0 Å². The van der Waals surface area contributed by atoms with Crippen LogP contribution in [0.4, 0.5) is 13.2 Å². The Morgan fingerprint density at radius 3 is 2.50 bits per heavy atom. The molecule has 0 radical (unpaired) electrons. The lowest BCUT2D eigenvalue weighted by Crippen LogP contribution is -2.40. The summed E-state index contributed by atoms with van der Waals surface area (Å²) in [5.74, 6) is 1.43. The van der Waals surface area contributed by atoms with Crippen molar-refractivity contribution >= 4 is 5.96 Å². The number of hydrogen-bond donors (Lipinski definition) is 1. The molecule has 1 aromatic rings. The second-order valence-electron chi connectivity index (χ2n) is 6.04. The van der Waals surface area contributed by atoms with Crippen LogP contribution >= 0.6 is 0 Å². The summed E-state index contributed by atoms with van der Waals surface area (Å²) in [4.78, 5) is 6.05. The fraction of sp³-hybridized carbons (Fsp3) is 0.588. The average Bonchev–Trinajstić information content (AvgIpc) is 3.34. The molecule has 1 aliphatic carbocycles. The second kappa shape index (κ2) is 8.37. The fourth-order valence-electron chi connectivity index (χ4n) is 2.30. The van der Waals surface area contributed by atoms with Crippen molar-refractivity contribution in [3.05, 3.63) is 35.4 Å². The maximum absolute atomic E-state index is 12.6.